The summed E-state index contributed by atoms with van der Waals surface area (Å²) in [6.07, 6.45) is -4.36. The summed E-state index contributed by atoms with van der Waals surface area (Å²) in [4.78, 5) is 2.58. The number of alkyl halides is 3. The van der Waals surface area contributed by atoms with Crippen LogP contribution in [0.15, 0.2) is 28.2 Å². The lowest BCUT2D eigenvalue weighted by Crippen LogP contribution is -2.35. The van der Waals surface area contributed by atoms with E-state index in [-0.39, 0.29) is 11.0 Å². The minimum absolute atomic E-state index is 0.0211. The van der Waals surface area contributed by atoms with Gasteiger partial charge in [-0.05, 0) is 38.4 Å². The number of nitrogens with two attached hydrogens (primary N) is 1. The smallest absolute Gasteiger partial charge is 0.375 e. The number of thioether (sulfide) groups is 1. The van der Waals surface area contributed by atoms with E-state index >= 15 is 0 Å². The molecule has 1 aromatic carbocycles. The normalized spacial score (nSPS) is 19.7. The van der Waals surface area contributed by atoms with Crippen molar-refractivity contribution in [2.24, 2.45) is 16.8 Å². The first-order valence-corrected chi connectivity index (χ1v) is 8.20. The first-order chi connectivity index (χ1) is 10.7. The van der Waals surface area contributed by atoms with Crippen LogP contribution in [0.5, 0.6) is 0 Å². The van der Waals surface area contributed by atoms with E-state index in [1.807, 2.05) is 19.0 Å². The fourth-order valence-electron chi connectivity index (χ4n) is 2.37. The largest absolute Gasteiger partial charge is 0.416 e. The van der Waals surface area contributed by atoms with Gasteiger partial charge in [0, 0.05) is 28.7 Å². The Kier molecular flexibility index (Phi) is 5.53. The van der Waals surface area contributed by atoms with E-state index in [0.29, 0.717) is 21.9 Å². The van der Waals surface area contributed by atoms with Crippen LogP contribution in [0.4, 0.5) is 13.2 Å². The number of rotatable bonds is 3. The molecular weight excluding hydrogens is 345 g/mol. The third kappa shape index (κ3) is 4.58. The zero-order valence-electron chi connectivity index (χ0n) is 12.6. The molecule has 0 saturated carbocycles. The quantitative estimate of drug-likeness (QED) is 0.639. The molecular formula is C14H17F3N4S2. The topological polar surface area (TPSA) is 53.6 Å². The average Bonchev–Trinajstić information content (AvgIpc) is 2.43. The molecule has 1 heterocycles. The SMILES string of the molecule is CN(C)CC1CSc2cc(C(F)(F)F)ccc2C1=NNC(N)=S. The van der Waals surface area contributed by atoms with Crippen molar-refractivity contribution in [3.63, 3.8) is 0 Å². The molecule has 0 aliphatic carbocycles. The van der Waals surface area contributed by atoms with Crippen molar-refractivity contribution in [1.82, 2.24) is 10.3 Å². The second-order valence-corrected chi connectivity index (χ2v) is 6.95. The first-order valence-electron chi connectivity index (χ1n) is 6.80. The van der Waals surface area contributed by atoms with E-state index in [1.165, 1.54) is 23.9 Å². The maximum atomic E-state index is 12.9. The van der Waals surface area contributed by atoms with Gasteiger partial charge in [-0.2, -0.15) is 18.3 Å². The number of thiocarbonyl (C=S) groups is 1. The van der Waals surface area contributed by atoms with E-state index in [1.54, 1.807) is 0 Å². The van der Waals surface area contributed by atoms with Crippen LogP contribution in [0, 0.1) is 5.92 Å². The predicted molar refractivity (Wildman–Crippen MR) is 90.7 cm³/mol. The molecule has 4 nitrogen and oxygen atoms in total. The van der Waals surface area contributed by atoms with Crippen LogP contribution in [0.25, 0.3) is 0 Å². The molecule has 0 saturated heterocycles. The van der Waals surface area contributed by atoms with Crippen LogP contribution >= 0.6 is 24.0 Å². The fourth-order valence-corrected chi connectivity index (χ4v) is 3.59. The van der Waals surface area contributed by atoms with Gasteiger partial charge in [0.2, 0.25) is 0 Å². The Bertz CT molecular complexity index is 629. The maximum absolute atomic E-state index is 12.9. The molecule has 1 aliphatic rings. The van der Waals surface area contributed by atoms with Crippen LogP contribution in [-0.4, -0.2) is 42.1 Å². The van der Waals surface area contributed by atoms with Crippen LogP contribution in [0.3, 0.4) is 0 Å². The van der Waals surface area contributed by atoms with Crippen molar-refractivity contribution >= 4 is 34.8 Å². The molecule has 2 rings (SSSR count). The summed E-state index contributed by atoms with van der Waals surface area (Å²) in [6.45, 7) is 0.727. The highest BCUT2D eigenvalue weighted by Gasteiger charge is 2.33. The molecule has 0 aromatic heterocycles. The molecule has 1 unspecified atom stereocenters. The maximum Gasteiger partial charge on any atom is 0.416 e. The first kappa shape index (κ1) is 18.0. The zero-order chi connectivity index (χ0) is 17.2. The molecule has 1 atom stereocenters. The lowest BCUT2D eigenvalue weighted by molar-refractivity contribution is -0.137. The number of hydrogen-bond donors (Lipinski definition) is 2. The van der Waals surface area contributed by atoms with E-state index in [4.69, 9.17) is 18.0 Å². The van der Waals surface area contributed by atoms with Crippen molar-refractivity contribution in [1.29, 1.82) is 0 Å². The Morgan fingerprint density at radius 3 is 2.74 bits per heavy atom. The van der Waals surface area contributed by atoms with Gasteiger partial charge in [0.05, 0.1) is 11.3 Å². The monoisotopic (exact) mass is 362 g/mol. The molecule has 0 radical (unpaired) electrons. The van der Waals surface area contributed by atoms with Gasteiger partial charge in [-0.15, -0.1) is 11.8 Å². The van der Waals surface area contributed by atoms with Gasteiger partial charge in [0.25, 0.3) is 0 Å². The molecule has 0 amide bonds. The fraction of sp³-hybridized carbons (Fsp3) is 0.429. The second kappa shape index (κ2) is 7.06. The number of nitrogens with zero attached hydrogens (tertiary/aromatic N) is 2. The zero-order valence-corrected chi connectivity index (χ0v) is 14.3. The highest BCUT2D eigenvalue weighted by molar-refractivity contribution is 7.99. The van der Waals surface area contributed by atoms with Crippen molar-refractivity contribution in [2.45, 2.75) is 11.1 Å². The molecule has 1 aliphatic heterocycles. The molecule has 9 heteroatoms. The summed E-state index contributed by atoms with van der Waals surface area (Å²) in [7, 11) is 3.87. The van der Waals surface area contributed by atoms with Gasteiger partial charge >= 0.3 is 6.18 Å². The van der Waals surface area contributed by atoms with E-state index in [9.17, 15) is 13.2 Å². The van der Waals surface area contributed by atoms with Crippen molar-refractivity contribution < 1.29 is 13.2 Å². The number of hydrazone groups is 1. The van der Waals surface area contributed by atoms with Crippen molar-refractivity contribution in [2.75, 3.05) is 26.4 Å². The molecule has 0 fully saturated rings. The van der Waals surface area contributed by atoms with Crippen LogP contribution in [-0.2, 0) is 6.18 Å². The lowest BCUT2D eigenvalue weighted by atomic mass is 9.96. The van der Waals surface area contributed by atoms with Crippen LogP contribution in [0.1, 0.15) is 11.1 Å². The summed E-state index contributed by atoms with van der Waals surface area (Å²) in [5, 5.41) is 4.25. The number of benzene rings is 1. The molecule has 1 aromatic rings. The third-order valence-electron chi connectivity index (χ3n) is 3.28. The van der Waals surface area contributed by atoms with E-state index in [0.717, 1.165) is 12.6 Å². The summed E-state index contributed by atoms with van der Waals surface area (Å²) in [5.74, 6) is 0.714. The van der Waals surface area contributed by atoms with Crippen molar-refractivity contribution in [3.8, 4) is 0 Å². The molecule has 23 heavy (non-hydrogen) atoms. The number of nitrogens with one attached hydrogen (secondary N) is 1. The van der Waals surface area contributed by atoms with Gasteiger partial charge in [0.15, 0.2) is 5.11 Å². The third-order valence-corrected chi connectivity index (χ3v) is 4.59. The van der Waals surface area contributed by atoms with Crippen LogP contribution < -0.4 is 11.2 Å². The van der Waals surface area contributed by atoms with Gasteiger partial charge in [0.1, 0.15) is 0 Å². The standard InChI is InChI=1S/C14H17F3N4S2/c1-21(2)6-8-7-23-11-5-9(14(15,16)17)3-4-10(11)12(8)19-20-13(18)22/h3-5,8H,6-7H2,1-2H3,(H3,18,20,22). The Balaban J connectivity index is 2.42. The Hall–Kier alpha value is -1.32. The van der Waals surface area contributed by atoms with Crippen molar-refractivity contribution in [3.05, 3.63) is 29.3 Å². The van der Waals surface area contributed by atoms with Gasteiger partial charge in [-0.1, -0.05) is 6.07 Å². The molecule has 0 spiro atoms. The van der Waals surface area contributed by atoms with Gasteiger partial charge in [-0.25, -0.2) is 0 Å². The molecule has 126 valence electrons. The summed E-state index contributed by atoms with van der Waals surface area (Å²) >= 11 is 6.16. The minimum atomic E-state index is -4.36. The number of halogens is 3. The number of hydrogen-bond acceptors (Lipinski definition) is 4. The highest BCUT2D eigenvalue weighted by Crippen LogP contribution is 2.38. The van der Waals surface area contributed by atoms with Crippen LogP contribution in [0.2, 0.25) is 0 Å². The predicted octanol–water partition coefficient (Wildman–Crippen LogP) is 2.53. The Morgan fingerprint density at radius 2 is 2.17 bits per heavy atom. The summed E-state index contributed by atoms with van der Waals surface area (Å²) in [5.41, 5.74) is 8.66. The van der Waals surface area contributed by atoms with E-state index < -0.39 is 11.7 Å². The Morgan fingerprint density at radius 1 is 1.48 bits per heavy atom. The van der Waals surface area contributed by atoms with Gasteiger partial charge < -0.3 is 10.6 Å². The number of fused-ring (bicyclic) bond motifs is 1. The summed E-state index contributed by atoms with van der Waals surface area (Å²) < 4.78 is 38.6. The summed E-state index contributed by atoms with van der Waals surface area (Å²) in [6, 6.07) is 3.71. The second-order valence-electron chi connectivity index (χ2n) is 5.45. The van der Waals surface area contributed by atoms with Gasteiger partial charge in [-0.3, -0.25) is 5.43 Å². The Labute approximate surface area is 142 Å². The highest BCUT2D eigenvalue weighted by atomic mass is 32.2. The average molecular weight is 362 g/mol. The molecule has 3 N–H and O–H groups in total. The molecule has 0 bridgehead atoms. The minimum Gasteiger partial charge on any atom is -0.375 e. The lowest BCUT2D eigenvalue weighted by Gasteiger charge is -2.28. The van der Waals surface area contributed by atoms with E-state index in [2.05, 4.69) is 10.5 Å².